The number of carbonyl (C=O) groups excluding carboxylic acids is 1. The molecule has 2 heterocycles. The number of aryl methyl sites for hydroxylation is 2. The van der Waals surface area contributed by atoms with Crippen LogP contribution in [0.25, 0.3) is 0 Å². The maximum Gasteiger partial charge on any atom is 0.252 e. The van der Waals surface area contributed by atoms with Crippen LogP contribution in [0.5, 0.6) is 0 Å². The number of nitrogens with zero attached hydrogens (tertiary/aromatic N) is 3. The number of likely N-dealkylation sites (tertiary alicyclic amines) is 1. The zero-order valence-electron chi connectivity index (χ0n) is 11.7. The summed E-state index contributed by atoms with van der Waals surface area (Å²) in [7, 11) is 0. The van der Waals surface area contributed by atoms with E-state index in [1.807, 2.05) is 26.8 Å². The van der Waals surface area contributed by atoms with Crippen molar-refractivity contribution in [1.29, 1.82) is 0 Å². The molecule has 1 aromatic heterocycles. The van der Waals surface area contributed by atoms with E-state index in [1.54, 1.807) is 6.08 Å². The number of hydrogen-bond donors (Lipinski definition) is 1. The molecular weight excluding hydrogens is 240 g/mol. The van der Waals surface area contributed by atoms with Gasteiger partial charge in [-0.3, -0.25) is 10.1 Å². The van der Waals surface area contributed by atoms with Crippen molar-refractivity contribution >= 4 is 11.9 Å². The van der Waals surface area contributed by atoms with Crippen LogP contribution >= 0.6 is 0 Å². The van der Waals surface area contributed by atoms with E-state index >= 15 is 0 Å². The molecule has 1 N–H and O–H groups in total. The predicted molar refractivity (Wildman–Crippen MR) is 74.7 cm³/mol. The molecule has 0 aromatic carbocycles. The molecule has 102 valence electrons. The Labute approximate surface area is 113 Å². The highest BCUT2D eigenvalue weighted by atomic mass is 16.1. The van der Waals surface area contributed by atoms with E-state index in [2.05, 4.69) is 20.2 Å². The third kappa shape index (κ3) is 3.77. The second-order valence-electron chi connectivity index (χ2n) is 4.94. The molecule has 0 unspecified atom stereocenters. The van der Waals surface area contributed by atoms with Gasteiger partial charge in [0.2, 0.25) is 5.95 Å². The fraction of sp³-hybridized carbons (Fsp3) is 0.500. The first-order valence-electron chi connectivity index (χ1n) is 6.61. The Bertz CT molecular complexity index is 484. The second kappa shape index (κ2) is 5.82. The minimum absolute atomic E-state index is 0.172. The van der Waals surface area contributed by atoms with E-state index in [1.165, 1.54) is 12.8 Å². The number of allylic oxidation sites excluding steroid dienone is 1. The van der Waals surface area contributed by atoms with Crippen LogP contribution in [0, 0.1) is 13.8 Å². The Hall–Kier alpha value is -1.91. The molecule has 1 aliphatic rings. The van der Waals surface area contributed by atoms with Gasteiger partial charge in [0.1, 0.15) is 0 Å². The van der Waals surface area contributed by atoms with Crippen LogP contribution in [-0.4, -0.2) is 33.9 Å². The number of nitrogens with one attached hydrogen (secondary N) is 1. The lowest BCUT2D eigenvalue weighted by molar-refractivity contribution is -0.112. The van der Waals surface area contributed by atoms with Crippen molar-refractivity contribution < 1.29 is 4.79 Å². The Morgan fingerprint density at radius 1 is 1.26 bits per heavy atom. The van der Waals surface area contributed by atoms with E-state index in [0.29, 0.717) is 5.95 Å². The molecular formula is C14H20N4O. The number of anilines is 1. The molecule has 0 aliphatic carbocycles. The standard InChI is InChI=1S/C14H20N4O/c1-10-8-11(2)16-14(15-10)17-13(19)9-12(3)18-6-4-5-7-18/h8-9H,4-7H2,1-3H3,(H,15,16,17,19). The smallest absolute Gasteiger partial charge is 0.252 e. The van der Waals surface area contributed by atoms with Crippen molar-refractivity contribution in [1.82, 2.24) is 14.9 Å². The van der Waals surface area contributed by atoms with Crippen LogP contribution in [0.15, 0.2) is 17.8 Å². The van der Waals surface area contributed by atoms with Gasteiger partial charge in [-0.15, -0.1) is 0 Å². The van der Waals surface area contributed by atoms with E-state index in [9.17, 15) is 4.79 Å². The van der Waals surface area contributed by atoms with Crippen molar-refractivity contribution in [3.05, 3.63) is 29.2 Å². The van der Waals surface area contributed by atoms with Crippen LogP contribution in [0.4, 0.5) is 5.95 Å². The Kier molecular flexibility index (Phi) is 4.14. The summed E-state index contributed by atoms with van der Waals surface area (Å²) in [6.45, 7) is 7.81. The molecule has 19 heavy (non-hydrogen) atoms. The van der Waals surface area contributed by atoms with E-state index in [4.69, 9.17) is 0 Å². The van der Waals surface area contributed by atoms with Crippen LogP contribution in [-0.2, 0) is 4.79 Å². The number of amides is 1. The van der Waals surface area contributed by atoms with Crippen LogP contribution in [0.1, 0.15) is 31.2 Å². The van der Waals surface area contributed by atoms with Gasteiger partial charge in [-0.1, -0.05) is 0 Å². The van der Waals surface area contributed by atoms with Crippen molar-refractivity contribution in [2.75, 3.05) is 18.4 Å². The van der Waals surface area contributed by atoms with Gasteiger partial charge in [0, 0.05) is 36.3 Å². The predicted octanol–water partition coefficient (Wildman–Crippen LogP) is 2.03. The quantitative estimate of drug-likeness (QED) is 0.845. The molecule has 0 bridgehead atoms. The minimum Gasteiger partial charge on any atom is -0.375 e. The summed E-state index contributed by atoms with van der Waals surface area (Å²) < 4.78 is 0. The van der Waals surface area contributed by atoms with Crippen molar-refractivity contribution in [2.45, 2.75) is 33.6 Å². The second-order valence-corrected chi connectivity index (χ2v) is 4.94. The Morgan fingerprint density at radius 3 is 2.42 bits per heavy atom. The Morgan fingerprint density at radius 2 is 1.84 bits per heavy atom. The number of carbonyl (C=O) groups is 1. The monoisotopic (exact) mass is 260 g/mol. The van der Waals surface area contributed by atoms with Gasteiger partial charge in [-0.05, 0) is 39.7 Å². The molecule has 0 spiro atoms. The first-order valence-corrected chi connectivity index (χ1v) is 6.61. The fourth-order valence-corrected chi connectivity index (χ4v) is 2.28. The van der Waals surface area contributed by atoms with Crippen molar-refractivity contribution in [2.24, 2.45) is 0 Å². The van der Waals surface area contributed by atoms with Gasteiger partial charge >= 0.3 is 0 Å². The normalized spacial score (nSPS) is 15.7. The third-order valence-electron chi connectivity index (χ3n) is 3.16. The molecule has 0 atom stereocenters. The van der Waals surface area contributed by atoms with Gasteiger partial charge in [-0.25, -0.2) is 9.97 Å². The molecule has 5 nitrogen and oxygen atoms in total. The maximum atomic E-state index is 11.9. The van der Waals surface area contributed by atoms with Gasteiger partial charge in [0.25, 0.3) is 5.91 Å². The van der Waals surface area contributed by atoms with Gasteiger partial charge in [-0.2, -0.15) is 0 Å². The van der Waals surface area contributed by atoms with Crippen molar-refractivity contribution in [3.8, 4) is 0 Å². The molecule has 5 heteroatoms. The molecule has 1 aliphatic heterocycles. The number of rotatable bonds is 3. The summed E-state index contributed by atoms with van der Waals surface area (Å²) in [6.07, 6.45) is 4.02. The van der Waals surface area contributed by atoms with E-state index in [-0.39, 0.29) is 5.91 Å². The summed E-state index contributed by atoms with van der Waals surface area (Å²) in [4.78, 5) is 22.5. The zero-order chi connectivity index (χ0) is 13.8. The average molecular weight is 260 g/mol. The molecule has 1 amide bonds. The molecule has 2 rings (SSSR count). The topological polar surface area (TPSA) is 58.1 Å². The van der Waals surface area contributed by atoms with Crippen molar-refractivity contribution in [3.63, 3.8) is 0 Å². The van der Waals surface area contributed by atoms with Gasteiger partial charge in [0.15, 0.2) is 0 Å². The molecule has 0 radical (unpaired) electrons. The maximum absolute atomic E-state index is 11.9. The summed E-state index contributed by atoms with van der Waals surface area (Å²) in [5, 5.41) is 2.71. The number of hydrogen-bond acceptors (Lipinski definition) is 4. The Balaban J connectivity index is 2.02. The lowest BCUT2D eigenvalue weighted by Crippen LogP contribution is -2.20. The third-order valence-corrected chi connectivity index (χ3v) is 3.16. The minimum atomic E-state index is -0.172. The van der Waals surface area contributed by atoms with E-state index < -0.39 is 0 Å². The van der Waals surface area contributed by atoms with E-state index in [0.717, 1.165) is 30.2 Å². The average Bonchev–Trinajstić information content (AvgIpc) is 2.80. The highest BCUT2D eigenvalue weighted by molar-refractivity contribution is 5.98. The SMILES string of the molecule is CC(=CC(=O)Nc1nc(C)cc(C)n1)N1CCCC1. The van der Waals surface area contributed by atoms with Crippen LogP contribution < -0.4 is 5.32 Å². The number of aromatic nitrogens is 2. The highest BCUT2D eigenvalue weighted by Gasteiger charge is 2.12. The summed E-state index contributed by atoms with van der Waals surface area (Å²) in [5.41, 5.74) is 2.70. The summed E-state index contributed by atoms with van der Waals surface area (Å²) >= 11 is 0. The zero-order valence-corrected chi connectivity index (χ0v) is 11.7. The van der Waals surface area contributed by atoms with Crippen LogP contribution in [0.3, 0.4) is 0 Å². The first-order chi connectivity index (χ1) is 9.04. The lowest BCUT2D eigenvalue weighted by atomic mass is 10.3. The molecule has 1 fully saturated rings. The lowest BCUT2D eigenvalue weighted by Gasteiger charge is -2.17. The summed E-state index contributed by atoms with van der Waals surface area (Å²) in [6, 6.07) is 1.88. The largest absolute Gasteiger partial charge is 0.375 e. The first kappa shape index (κ1) is 13.5. The van der Waals surface area contributed by atoms with Crippen LogP contribution in [0.2, 0.25) is 0 Å². The molecule has 0 saturated carbocycles. The molecule has 1 aromatic rings. The summed E-state index contributed by atoms with van der Waals surface area (Å²) in [5.74, 6) is 0.197. The molecule has 1 saturated heterocycles. The van der Waals surface area contributed by atoms with Gasteiger partial charge < -0.3 is 4.90 Å². The van der Waals surface area contributed by atoms with Gasteiger partial charge in [0.05, 0.1) is 0 Å². The fourth-order valence-electron chi connectivity index (χ4n) is 2.28. The highest BCUT2D eigenvalue weighted by Crippen LogP contribution is 2.14.